The molecule has 1 aromatic heterocycles. The summed E-state index contributed by atoms with van der Waals surface area (Å²) in [5.41, 5.74) is 2.05. The summed E-state index contributed by atoms with van der Waals surface area (Å²) in [6, 6.07) is 2.02. The smallest absolute Gasteiger partial charge is 0.150 e. The quantitative estimate of drug-likeness (QED) is 0.869. The second-order valence-electron chi connectivity index (χ2n) is 5.40. The van der Waals surface area contributed by atoms with Crippen LogP contribution in [-0.4, -0.2) is 41.4 Å². The summed E-state index contributed by atoms with van der Waals surface area (Å²) in [6.45, 7) is 4.81. The zero-order valence-corrected chi connectivity index (χ0v) is 12.4. The lowest BCUT2D eigenvalue weighted by molar-refractivity contribution is 0.181. The number of aliphatic hydroxyl groups is 1. The fourth-order valence-electron chi connectivity index (χ4n) is 2.88. The van der Waals surface area contributed by atoms with Gasteiger partial charge in [-0.1, -0.05) is 0 Å². The molecule has 108 valence electrons. The molecule has 19 heavy (non-hydrogen) atoms. The Bertz CT molecular complexity index is 536. The molecule has 0 aromatic carbocycles. The van der Waals surface area contributed by atoms with Crippen molar-refractivity contribution in [2.75, 3.05) is 18.1 Å². The van der Waals surface area contributed by atoms with Gasteiger partial charge in [0.1, 0.15) is 0 Å². The van der Waals surface area contributed by atoms with Crippen LogP contribution in [0.5, 0.6) is 0 Å². The lowest BCUT2D eigenvalue weighted by Gasteiger charge is -2.20. The molecule has 0 radical (unpaired) electrons. The first-order valence-corrected chi connectivity index (χ1v) is 8.62. The first-order chi connectivity index (χ1) is 8.95. The van der Waals surface area contributed by atoms with Gasteiger partial charge in [0.2, 0.25) is 0 Å². The molecule has 2 atom stereocenters. The van der Waals surface area contributed by atoms with Gasteiger partial charge in [-0.25, -0.2) is 8.42 Å². The second kappa shape index (κ2) is 5.63. The van der Waals surface area contributed by atoms with Gasteiger partial charge in [-0.15, -0.1) is 0 Å². The number of aryl methyl sites for hydroxylation is 2. The van der Waals surface area contributed by atoms with E-state index >= 15 is 0 Å². The van der Waals surface area contributed by atoms with Gasteiger partial charge in [0.05, 0.1) is 17.2 Å². The highest BCUT2D eigenvalue weighted by atomic mass is 32.2. The lowest BCUT2D eigenvalue weighted by Crippen LogP contribution is -2.23. The predicted molar refractivity (Wildman–Crippen MR) is 73.7 cm³/mol. The Balaban J connectivity index is 2.11. The van der Waals surface area contributed by atoms with Gasteiger partial charge in [-0.2, -0.15) is 5.10 Å². The number of aliphatic hydroxyl groups excluding tert-OH is 1. The van der Waals surface area contributed by atoms with Gasteiger partial charge in [0, 0.05) is 18.8 Å². The summed E-state index contributed by atoms with van der Waals surface area (Å²) in [7, 11) is -2.89. The molecular formula is C13H22N2O3S. The number of hydrogen-bond acceptors (Lipinski definition) is 4. The number of sulfone groups is 1. The van der Waals surface area contributed by atoms with Crippen molar-refractivity contribution in [2.45, 2.75) is 33.2 Å². The zero-order valence-electron chi connectivity index (χ0n) is 11.5. The van der Waals surface area contributed by atoms with Crippen molar-refractivity contribution in [1.82, 2.24) is 9.78 Å². The second-order valence-corrected chi connectivity index (χ2v) is 7.63. The number of hydrogen-bond donors (Lipinski definition) is 1. The number of nitrogens with zero attached hydrogens (tertiary/aromatic N) is 2. The van der Waals surface area contributed by atoms with E-state index in [0.717, 1.165) is 17.9 Å². The van der Waals surface area contributed by atoms with E-state index in [1.807, 2.05) is 24.6 Å². The topological polar surface area (TPSA) is 72.2 Å². The van der Waals surface area contributed by atoms with Crippen LogP contribution in [0.1, 0.15) is 24.7 Å². The van der Waals surface area contributed by atoms with Crippen molar-refractivity contribution in [2.24, 2.45) is 11.8 Å². The van der Waals surface area contributed by atoms with Crippen LogP contribution in [0.25, 0.3) is 0 Å². The summed E-state index contributed by atoms with van der Waals surface area (Å²) < 4.78 is 25.0. The summed E-state index contributed by atoms with van der Waals surface area (Å²) in [5.74, 6) is 0.576. The highest BCUT2D eigenvalue weighted by molar-refractivity contribution is 7.91. The van der Waals surface area contributed by atoms with E-state index in [2.05, 4.69) is 5.10 Å². The highest BCUT2D eigenvalue weighted by Crippen LogP contribution is 2.28. The van der Waals surface area contributed by atoms with Gasteiger partial charge in [0.15, 0.2) is 9.84 Å². The molecule has 1 aliphatic heterocycles. The van der Waals surface area contributed by atoms with E-state index < -0.39 is 9.84 Å². The van der Waals surface area contributed by atoms with Crippen LogP contribution >= 0.6 is 0 Å². The van der Waals surface area contributed by atoms with Gasteiger partial charge in [0.25, 0.3) is 0 Å². The Labute approximate surface area is 114 Å². The standard InChI is InChI=1S/C13H22N2O3S/c1-3-15-13(6-10(2)14-15)7-12(8-16)11-4-5-19(17,18)9-11/h6,11-12,16H,3-5,7-9H2,1-2H3. The third-order valence-electron chi connectivity index (χ3n) is 3.93. The molecule has 1 aromatic rings. The molecule has 1 N–H and O–H groups in total. The Morgan fingerprint density at radius 3 is 2.84 bits per heavy atom. The number of aromatic nitrogens is 2. The zero-order chi connectivity index (χ0) is 14.0. The maximum atomic E-state index is 11.5. The fourth-order valence-corrected chi connectivity index (χ4v) is 4.80. The highest BCUT2D eigenvalue weighted by Gasteiger charge is 2.33. The Morgan fingerprint density at radius 1 is 1.58 bits per heavy atom. The minimum absolute atomic E-state index is 0.0127. The van der Waals surface area contributed by atoms with Gasteiger partial charge < -0.3 is 5.11 Å². The molecule has 1 fully saturated rings. The summed E-state index contributed by atoms with van der Waals surface area (Å²) in [4.78, 5) is 0. The molecule has 0 amide bonds. The van der Waals surface area contributed by atoms with Crippen molar-refractivity contribution in [3.8, 4) is 0 Å². The van der Waals surface area contributed by atoms with E-state index in [0.29, 0.717) is 12.8 Å². The average Bonchev–Trinajstić information content (AvgIpc) is 2.88. The SMILES string of the molecule is CCn1nc(C)cc1CC(CO)C1CCS(=O)(=O)C1. The predicted octanol–water partition coefficient (Wildman–Crippen LogP) is 0.797. The molecule has 2 heterocycles. The maximum absolute atomic E-state index is 11.5. The molecule has 1 saturated heterocycles. The van der Waals surface area contributed by atoms with E-state index in [1.165, 1.54) is 0 Å². The van der Waals surface area contributed by atoms with Crippen LogP contribution in [-0.2, 0) is 22.8 Å². The molecule has 0 saturated carbocycles. The van der Waals surface area contributed by atoms with E-state index in [4.69, 9.17) is 0 Å². The van der Waals surface area contributed by atoms with E-state index in [9.17, 15) is 13.5 Å². The molecule has 6 heteroatoms. The van der Waals surface area contributed by atoms with Crippen molar-refractivity contribution in [1.29, 1.82) is 0 Å². The number of rotatable bonds is 5. The molecule has 5 nitrogen and oxygen atoms in total. The molecular weight excluding hydrogens is 264 g/mol. The Kier molecular flexibility index (Phi) is 4.30. The Morgan fingerprint density at radius 2 is 2.32 bits per heavy atom. The van der Waals surface area contributed by atoms with Crippen LogP contribution in [0.3, 0.4) is 0 Å². The summed E-state index contributed by atoms with van der Waals surface area (Å²) >= 11 is 0. The van der Waals surface area contributed by atoms with Crippen LogP contribution in [0.4, 0.5) is 0 Å². The average molecular weight is 286 g/mol. The van der Waals surface area contributed by atoms with Crippen LogP contribution in [0.15, 0.2) is 6.07 Å². The molecule has 0 aliphatic carbocycles. The Hall–Kier alpha value is -0.880. The van der Waals surface area contributed by atoms with Gasteiger partial charge in [-0.05, 0) is 44.6 Å². The van der Waals surface area contributed by atoms with E-state index in [1.54, 1.807) is 0 Å². The summed E-state index contributed by atoms with van der Waals surface area (Å²) in [5, 5.41) is 14.0. The van der Waals surface area contributed by atoms with Crippen LogP contribution in [0.2, 0.25) is 0 Å². The third kappa shape index (κ3) is 3.36. The fraction of sp³-hybridized carbons (Fsp3) is 0.769. The minimum Gasteiger partial charge on any atom is -0.396 e. The minimum atomic E-state index is -2.89. The normalized spacial score (nSPS) is 23.6. The molecule has 0 bridgehead atoms. The monoisotopic (exact) mass is 286 g/mol. The van der Waals surface area contributed by atoms with Crippen molar-refractivity contribution < 1.29 is 13.5 Å². The molecule has 2 unspecified atom stereocenters. The van der Waals surface area contributed by atoms with Crippen LogP contribution < -0.4 is 0 Å². The largest absolute Gasteiger partial charge is 0.396 e. The van der Waals surface area contributed by atoms with Crippen molar-refractivity contribution in [3.05, 3.63) is 17.5 Å². The van der Waals surface area contributed by atoms with Crippen molar-refractivity contribution >= 4 is 9.84 Å². The first-order valence-electron chi connectivity index (χ1n) is 6.79. The van der Waals surface area contributed by atoms with E-state index in [-0.39, 0.29) is 29.9 Å². The summed E-state index contributed by atoms with van der Waals surface area (Å²) in [6.07, 6.45) is 1.37. The molecule has 0 spiro atoms. The lowest BCUT2D eigenvalue weighted by atomic mass is 9.88. The maximum Gasteiger partial charge on any atom is 0.150 e. The molecule has 1 aliphatic rings. The first kappa shape index (κ1) is 14.5. The van der Waals surface area contributed by atoms with Gasteiger partial charge in [-0.3, -0.25) is 4.68 Å². The third-order valence-corrected chi connectivity index (χ3v) is 5.72. The van der Waals surface area contributed by atoms with Crippen molar-refractivity contribution in [3.63, 3.8) is 0 Å². The van der Waals surface area contributed by atoms with Gasteiger partial charge >= 0.3 is 0 Å². The molecule has 2 rings (SSSR count). The van der Waals surface area contributed by atoms with Crippen LogP contribution in [0, 0.1) is 18.8 Å².